The Morgan fingerprint density at radius 1 is 1.08 bits per heavy atom. The third-order valence-corrected chi connectivity index (χ3v) is 3.52. The van der Waals surface area contributed by atoms with Gasteiger partial charge >= 0.3 is 0 Å². The van der Waals surface area contributed by atoms with Crippen molar-refractivity contribution in [1.82, 2.24) is 25.6 Å². The minimum absolute atomic E-state index is 0.128. The number of nitrogens with zero attached hydrogens (tertiary/aromatic N) is 4. The number of H-pyrrole nitrogens is 1. The third kappa shape index (κ3) is 4.07. The fourth-order valence-electron chi connectivity index (χ4n) is 2.13. The monoisotopic (exact) mass is 324 g/mol. The van der Waals surface area contributed by atoms with Gasteiger partial charge in [0.05, 0.1) is 18.4 Å². The second-order valence-electron chi connectivity index (χ2n) is 6.44. The number of aromatic amines is 1. The van der Waals surface area contributed by atoms with Crippen LogP contribution in [0.4, 0.5) is 5.69 Å². The first-order valence-electron chi connectivity index (χ1n) is 7.71. The lowest BCUT2D eigenvalue weighted by Gasteiger charge is -2.19. The molecule has 1 aromatic carbocycles. The van der Waals surface area contributed by atoms with Crippen molar-refractivity contribution in [3.05, 3.63) is 54.0 Å². The fourth-order valence-corrected chi connectivity index (χ4v) is 2.13. The molecule has 2 N–H and O–H groups in total. The smallest absolute Gasteiger partial charge is 0.219 e. The van der Waals surface area contributed by atoms with Gasteiger partial charge in [-0.2, -0.15) is 5.21 Å². The van der Waals surface area contributed by atoms with Crippen LogP contribution in [-0.2, 0) is 12.0 Å². The first-order chi connectivity index (χ1) is 11.5. The standard InChI is InChI=1S/C17H20N6O/c1-17(2,3)12-4-7-14(8-5-12)24-16-9-6-13(10-19-16)18-11-15-20-22-23-21-15/h4-10,18H,11H2,1-3H3,(H,20,21,22,23). The van der Waals surface area contributed by atoms with Crippen molar-refractivity contribution in [3.63, 3.8) is 0 Å². The lowest BCUT2D eigenvalue weighted by Crippen LogP contribution is -2.10. The summed E-state index contributed by atoms with van der Waals surface area (Å²) < 4.78 is 5.77. The van der Waals surface area contributed by atoms with Crippen LogP contribution in [0.3, 0.4) is 0 Å². The molecule has 0 saturated heterocycles. The van der Waals surface area contributed by atoms with Crippen molar-refractivity contribution in [2.24, 2.45) is 0 Å². The van der Waals surface area contributed by atoms with Gasteiger partial charge in [-0.1, -0.05) is 38.1 Å². The molecule has 0 atom stereocenters. The normalized spacial score (nSPS) is 11.3. The highest BCUT2D eigenvalue weighted by Gasteiger charge is 2.13. The molecule has 0 amide bonds. The summed E-state index contributed by atoms with van der Waals surface area (Å²) in [5.41, 5.74) is 2.25. The van der Waals surface area contributed by atoms with Gasteiger partial charge in [0.25, 0.3) is 0 Å². The van der Waals surface area contributed by atoms with Crippen molar-refractivity contribution in [2.45, 2.75) is 32.7 Å². The predicted octanol–water partition coefficient (Wildman–Crippen LogP) is 3.30. The van der Waals surface area contributed by atoms with Gasteiger partial charge in [0, 0.05) is 6.07 Å². The molecule has 0 unspecified atom stereocenters. The number of benzene rings is 1. The summed E-state index contributed by atoms with van der Waals surface area (Å²) in [6.45, 7) is 7.03. The van der Waals surface area contributed by atoms with Crippen molar-refractivity contribution >= 4 is 5.69 Å². The molecule has 0 bridgehead atoms. The Balaban J connectivity index is 1.59. The number of hydrogen-bond acceptors (Lipinski definition) is 6. The van der Waals surface area contributed by atoms with Crippen molar-refractivity contribution in [2.75, 3.05) is 5.32 Å². The van der Waals surface area contributed by atoms with E-state index >= 15 is 0 Å². The highest BCUT2D eigenvalue weighted by molar-refractivity contribution is 5.43. The third-order valence-electron chi connectivity index (χ3n) is 3.52. The van der Waals surface area contributed by atoms with E-state index in [-0.39, 0.29) is 5.41 Å². The molecule has 124 valence electrons. The number of anilines is 1. The molecular weight excluding hydrogens is 304 g/mol. The Hall–Kier alpha value is -2.96. The van der Waals surface area contributed by atoms with Gasteiger partial charge in [-0.15, -0.1) is 10.2 Å². The molecule has 0 saturated carbocycles. The molecule has 3 rings (SSSR count). The Kier molecular flexibility index (Phi) is 4.41. The molecule has 2 aromatic heterocycles. The highest BCUT2D eigenvalue weighted by atomic mass is 16.5. The largest absolute Gasteiger partial charge is 0.439 e. The van der Waals surface area contributed by atoms with E-state index in [1.165, 1.54) is 5.56 Å². The Bertz CT molecular complexity index is 760. The van der Waals surface area contributed by atoms with Crippen LogP contribution in [-0.4, -0.2) is 25.6 Å². The van der Waals surface area contributed by atoms with Crippen LogP contribution in [0.15, 0.2) is 42.6 Å². The molecule has 0 aliphatic rings. The SMILES string of the molecule is CC(C)(C)c1ccc(Oc2ccc(NCc3nn[nH]n3)cn2)cc1. The predicted molar refractivity (Wildman–Crippen MR) is 91.0 cm³/mol. The average Bonchev–Trinajstić information content (AvgIpc) is 3.07. The van der Waals surface area contributed by atoms with Crippen molar-refractivity contribution in [3.8, 4) is 11.6 Å². The molecule has 7 nitrogen and oxygen atoms in total. The summed E-state index contributed by atoms with van der Waals surface area (Å²) in [5.74, 6) is 1.90. The van der Waals surface area contributed by atoms with E-state index in [2.05, 4.69) is 63.8 Å². The summed E-state index contributed by atoms with van der Waals surface area (Å²) in [6.07, 6.45) is 1.71. The fraction of sp³-hybridized carbons (Fsp3) is 0.294. The number of nitrogens with one attached hydrogen (secondary N) is 2. The number of hydrogen-bond donors (Lipinski definition) is 2. The molecule has 0 aliphatic heterocycles. The summed E-state index contributed by atoms with van der Waals surface area (Å²) in [7, 11) is 0. The number of pyridine rings is 1. The van der Waals surface area contributed by atoms with Crippen LogP contribution >= 0.6 is 0 Å². The van der Waals surface area contributed by atoms with Crippen LogP contribution in [0.25, 0.3) is 0 Å². The molecule has 0 radical (unpaired) electrons. The van der Waals surface area contributed by atoms with E-state index < -0.39 is 0 Å². The van der Waals surface area contributed by atoms with Gasteiger partial charge < -0.3 is 10.1 Å². The van der Waals surface area contributed by atoms with Crippen LogP contribution in [0.2, 0.25) is 0 Å². The van der Waals surface area contributed by atoms with Crippen LogP contribution in [0.5, 0.6) is 11.6 Å². The van der Waals surface area contributed by atoms with E-state index in [0.717, 1.165) is 11.4 Å². The van der Waals surface area contributed by atoms with Crippen molar-refractivity contribution < 1.29 is 4.74 Å². The summed E-state index contributed by atoms with van der Waals surface area (Å²) >= 11 is 0. The summed E-state index contributed by atoms with van der Waals surface area (Å²) in [6, 6.07) is 11.8. The second-order valence-corrected chi connectivity index (χ2v) is 6.44. The zero-order valence-electron chi connectivity index (χ0n) is 13.9. The first-order valence-corrected chi connectivity index (χ1v) is 7.71. The molecule has 7 heteroatoms. The molecule has 0 aliphatic carbocycles. The maximum Gasteiger partial charge on any atom is 0.219 e. The van der Waals surface area contributed by atoms with Crippen LogP contribution in [0.1, 0.15) is 32.2 Å². The van der Waals surface area contributed by atoms with Crippen LogP contribution < -0.4 is 10.1 Å². The molecule has 3 aromatic rings. The molecule has 0 spiro atoms. The number of rotatable bonds is 5. The van der Waals surface area contributed by atoms with Crippen LogP contribution in [0, 0.1) is 0 Å². The average molecular weight is 324 g/mol. The topological polar surface area (TPSA) is 88.6 Å². The van der Waals surface area contributed by atoms with Gasteiger partial charge in [0.1, 0.15) is 5.75 Å². The minimum Gasteiger partial charge on any atom is -0.439 e. The summed E-state index contributed by atoms with van der Waals surface area (Å²) in [4.78, 5) is 4.30. The lowest BCUT2D eigenvalue weighted by atomic mass is 9.87. The van der Waals surface area contributed by atoms with Gasteiger partial charge in [-0.05, 0) is 29.2 Å². The first kappa shape index (κ1) is 15.9. The van der Waals surface area contributed by atoms with Gasteiger partial charge in [0.15, 0.2) is 5.82 Å². The van der Waals surface area contributed by atoms with E-state index in [1.807, 2.05) is 24.3 Å². The van der Waals surface area contributed by atoms with E-state index in [9.17, 15) is 0 Å². The van der Waals surface area contributed by atoms with E-state index in [0.29, 0.717) is 18.2 Å². The molecule has 24 heavy (non-hydrogen) atoms. The van der Waals surface area contributed by atoms with E-state index in [1.54, 1.807) is 6.20 Å². The maximum atomic E-state index is 5.77. The second kappa shape index (κ2) is 6.66. The number of tetrazole rings is 1. The van der Waals surface area contributed by atoms with Gasteiger partial charge in [0.2, 0.25) is 5.88 Å². The number of aromatic nitrogens is 5. The Labute approximate surface area is 140 Å². The molecule has 2 heterocycles. The molecule has 0 fully saturated rings. The zero-order chi connectivity index (χ0) is 17.0. The maximum absolute atomic E-state index is 5.77. The Morgan fingerprint density at radius 3 is 2.46 bits per heavy atom. The lowest BCUT2D eigenvalue weighted by molar-refractivity contribution is 0.462. The number of ether oxygens (including phenoxy) is 1. The zero-order valence-corrected chi connectivity index (χ0v) is 13.9. The Morgan fingerprint density at radius 2 is 1.88 bits per heavy atom. The van der Waals surface area contributed by atoms with E-state index in [4.69, 9.17) is 4.74 Å². The van der Waals surface area contributed by atoms with Crippen molar-refractivity contribution in [1.29, 1.82) is 0 Å². The van der Waals surface area contributed by atoms with Gasteiger partial charge in [-0.3, -0.25) is 0 Å². The summed E-state index contributed by atoms with van der Waals surface area (Å²) in [5, 5.41) is 16.8. The molecular formula is C17H20N6O. The highest BCUT2D eigenvalue weighted by Crippen LogP contribution is 2.26. The quantitative estimate of drug-likeness (QED) is 0.748. The minimum atomic E-state index is 0.128. The van der Waals surface area contributed by atoms with Gasteiger partial charge in [-0.25, -0.2) is 4.98 Å².